The van der Waals surface area contributed by atoms with Crippen molar-refractivity contribution < 1.29 is 38.2 Å². The molecule has 0 saturated carbocycles. The molecule has 0 unspecified atom stereocenters. The van der Waals surface area contributed by atoms with Gasteiger partial charge in [-0.3, -0.25) is 24.3 Å². The lowest BCUT2D eigenvalue weighted by Gasteiger charge is -2.23. The van der Waals surface area contributed by atoms with E-state index in [1.807, 2.05) is 44.2 Å². The number of anilines is 2. The molecule has 4 amide bonds. The van der Waals surface area contributed by atoms with Gasteiger partial charge < -0.3 is 44.9 Å². The fourth-order valence-corrected chi connectivity index (χ4v) is 7.06. The summed E-state index contributed by atoms with van der Waals surface area (Å²) in [6.07, 6.45) is 4.65. The fraction of sp³-hybridized carbons (Fsp3) is 0.304. The molecule has 0 aliphatic carbocycles. The first-order chi connectivity index (χ1) is 30.0. The number of aromatic nitrogens is 3. The quantitative estimate of drug-likeness (QED) is 0.0345. The Kier molecular flexibility index (Phi) is 14.9. The second-order valence-corrected chi connectivity index (χ2v) is 14.6. The van der Waals surface area contributed by atoms with E-state index in [9.17, 15) is 24.0 Å². The van der Waals surface area contributed by atoms with Crippen LogP contribution in [-0.4, -0.2) is 101 Å². The minimum Gasteiger partial charge on any atom is -0.497 e. The van der Waals surface area contributed by atoms with Crippen LogP contribution in [-0.2, 0) is 25.7 Å². The lowest BCUT2D eigenvalue weighted by Crippen LogP contribution is -2.37. The number of benzene rings is 3. The highest BCUT2D eigenvalue weighted by atomic mass is 16.5. The summed E-state index contributed by atoms with van der Waals surface area (Å²) in [4.78, 5) is 72.3. The number of aryl methyl sites for hydroxylation is 1. The number of ether oxygens (including phenoxy) is 3. The summed E-state index contributed by atoms with van der Waals surface area (Å²) in [5.41, 5.74) is 7.13. The summed E-state index contributed by atoms with van der Waals surface area (Å²) in [7, 11) is 1.56. The third-order valence-electron chi connectivity index (χ3n) is 10.5. The highest BCUT2D eigenvalue weighted by molar-refractivity contribution is 6.35. The SMILES string of the molecule is CCN(CC)CCNC(=O)c1c(C)[nH]c(/C=C2\C(=O)Nc3ccc(OC(=O)CCC(=O)OCCN(Cc4cccc(OC)c4)C(=O)Nc4ccc(-c5cn[nH]c5)cc4)cc32)c1C. The molecule has 16 heteroatoms. The van der Waals surface area contributed by atoms with Crippen molar-refractivity contribution in [3.05, 3.63) is 113 Å². The molecule has 0 radical (unpaired) electrons. The van der Waals surface area contributed by atoms with Crippen molar-refractivity contribution in [1.29, 1.82) is 0 Å². The van der Waals surface area contributed by atoms with Gasteiger partial charge in [0.15, 0.2) is 0 Å². The van der Waals surface area contributed by atoms with E-state index >= 15 is 0 Å². The molecule has 3 aromatic carbocycles. The van der Waals surface area contributed by atoms with E-state index in [0.29, 0.717) is 57.3 Å². The molecule has 5 aromatic rings. The summed E-state index contributed by atoms with van der Waals surface area (Å²) in [6.45, 7) is 11.0. The largest absolute Gasteiger partial charge is 0.497 e. The van der Waals surface area contributed by atoms with Gasteiger partial charge in [0.25, 0.3) is 11.8 Å². The van der Waals surface area contributed by atoms with Gasteiger partial charge >= 0.3 is 18.0 Å². The van der Waals surface area contributed by atoms with Crippen molar-refractivity contribution in [3.8, 4) is 22.6 Å². The predicted octanol–water partition coefficient (Wildman–Crippen LogP) is 6.56. The van der Waals surface area contributed by atoms with Crippen LogP contribution in [0, 0.1) is 13.8 Å². The number of hydrogen-bond acceptors (Lipinski definition) is 10. The first kappa shape index (κ1) is 44.4. The van der Waals surface area contributed by atoms with Crippen LogP contribution >= 0.6 is 0 Å². The number of esters is 2. The summed E-state index contributed by atoms with van der Waals surface area (Å²) >= 11 is 0. The molecule has 16 nitrogen and oxygen atoms in total. The fourth-order valence-electron chi connectivity index (χ4n) is 7.06. The van der Waals surface area contributed by atoms with E-state index < -0.39 is 18.0 Å². The lowest BCUT2D eigenvalue weighted by atomic mass is 10.0. The molecule has 0 fully saturated rings. The number of amides is 4. The van der Waals surface area contributed by atoms with Crippen LogP contribution < -0.4 is 25.4 Å². The third kappa shape index (κ3) is 11.3. The zero-order valence-corrected chi connectivity index (χ0v) is 35.6. The Hall–Kier alpha value is -7.20. The van der Waals surface area contributed by atoms with Crippen molar-refractivity contribution in [1.82, 2.24) is 30.3 Å². The highest BCUT2D eigenvalue weighted by Crippen LogP contribution is 2.36. The number of nitrogens with one attached hydrogen (secondary N) is 5. The van der Waals surface area contributed by atoms with E-state index in [1.165, 1.54) is 4.90 Å². The molecule has 62 heavy (non-hydrogen) atoms. The molecule has 0 saturated heterocycles. The van der Waals surface area contributed by atoms with Crippen LogP contribution in [0.1, 0.15) is 65.1 Å². The van der Waals surface area contributed by atoms with Gasteiger partial charge in [0, 0.05) is 59.7 Å². The molecule has 0 spiro atoms. The van der Waals surface area contributed by atoms with Gasteiger partial charge in [-0.2, -0.15) is 5.10 Å². The van der Waals surface area contributed by atoms with Crippen LogP contribution in [0.5, 0.6) is 11.5 Å². The van der Waals surface area contributed by atoms with Gasteiger partial charge in [0.05, 0.1) is 43.8 Å². The zero-order valence-electron chi connectivity index (χ0n) is 35.6. The topological polar surface area (TPSA) is 200 Å². The molecular formula is C46H52N8O8. The highest BCUT2D eigenvalue weighted by Gasteiger charge is 2.27. The first-order valence-corrected chi connectivity index (χ1v) is 20.5. The Morgan fingerprint density at radius 3 is 2.39 bits per heavy atom. The molecule has 324 valence electrons. The van der Waals surface area contributed by atoms with Gasteiger partial charge in [0.1, 0.15) is 18.1 Å². The van der Waals surface area contributed by atoms with Gasteiger partial charge in [0.2, 0.25) is 0 Å². The Morgan fingerprint density at radius 1 is 0.887 bits per heavy atom. The Bertz CT molecular complexity index is 2420. The summed E-state index contributed by atoms with van der Waals surface area (Å²) in [5.74, 6) is -1.02. The number of carbonyl (C=O) groups is 5. The van der Waals surface area contributed by atoms with Crippen molar-refractivity contribution >= 4 is 52.8 Å². The average molecular weight is 845 g/mol. The molecule has 2 aromatic heterocycles. The van der Waals surface area contributed by atoms with Crippen molar-refractivity contribution in [3.63, 3.8) is 0 Å². The van der Waals surface area contributed by atoms with Gasteiger partial charge in [-0.05, 0) is 92.2 Å². The predicted molar refractivity (Wildman–Crippen MR) is 236 cm³/mol. The minimum atomic E-state index is -0.671. The van der Waals surface area contributed by atoms with E-state index in [2.05, 4.69) is 49.9 Å². The zero-order chi connectivity index (χ0) is 44.2. The second kappa shape index (κ2) is 20.9. The standard InChI is InChI=1S/C46H52N8O8/c1-6-53(7-2)20-19-47-45(58)43-29(3)40(50-30(43)4)25-38-37-24-36(15-16-39(37)52-44(38)57)62-42(56)18-17-41(55)61-22-21-54(28-31-9-8-10-35(23-31)60-5)46(59)51-34-13-11-32(12-14-34)33-26-48-49-27-33/h8-16,23-27,50H,6-7,17-22,28H2,1-5H3,(H,47,58)(H,48,49)(H,51,59)(H,52,57)/b38-25-. The van der Waals surface area contributed by atoms with Crippen molar-refractivity contribution in [2.75, 3.05) is 57.1 Å². The number of rotatable bonds is 19. The molecule has 6 rings (SSSR count). The second-order valence-electron chi connectivity index (χ2n) is 14.6. The summed E-state index contributed by atoms with van der Waals surface area (Å²) < 4.78 is 16.4. The molecular weight excluding hydrogens is 793 g/mol. The van der Waals surface area contributed by atoms with E-state index in [0.717, 1.165) is 36.3 Å². The number of likely N-dealkylation sites (N-methyl/N-ethyl adjacent to an activating group) is 1. The molecule has 1 aliphatic heterocycles. The maximum atomic E-state index is 13.5. The maximum Gasteiger partial charge on any atom is 0.322 e. The first-order valence-electron chi connectivity index (χ1n) is 20.5. The number of H-pyrrole nitrogens is 2. The number of aromatic amines is 2. The Labute approximate surface area is 360 Å². The van der Waals surface area contributed by atoms with E-state index in [-0.39, 0.29) is 50.1 Å². The van der Waals surface area contributed by atoms with Gasteiger partial charge in [-0.1, -0.05) is 38.1 Å². The smallest absolute Gasteiger partial charge is 0.322 e. The molecule has 3 heterocycles. The van der Waals surface area contributed by atoms with Crippen molar-refractivity contribution in [2.24, 2.45) is 0 Å². The average Bonchev–Trinajstić information content (AvgIpc) is 3.99. The van der Waals surface area contributed by atoms with E-state index in [1.54, 1.807) is 62.0 Å². The molecule has 5 N–H and O–H groups in total. The summed E-state index contributed by atoms with van der Waals surface area (Å²) in [5, 5.41) is 15.5. The van der Waals surface area contributed by atoms with Crippen LogP contribution in [0.15, 0.2) is 79.1 Å². The third-order valence-corrected chi connectivity index (χ3v) is 10.5. The van der Waals surface area contributed by atoms with Gasteiger partial charge in [-0.15, -0.1) is 0 Å². The number of nitrogens with zero attached hydrogens (tertiary/aromatic N) is 3. The number of methoxy groups -OCH3 is 1. The molecule has 0 bridgehead atoms. The number of carbonyl (C=O) groups excluding carboxylic acids is 5. The Morgan fingerprint density at radius 2 is 1.66 bits per heavy atom. The molecule has 1 aliphatic rings. The van der Waals surface area contributed by atoms with Crippen LogP contribution in [0.3, 0.4) is 0 Å². The normalized spacial score (nSPS) is 12.5. The monoisotopic (exact) mass is 844 g/mol. The number of hydrogen-bond donors (Lipinski definition) is 5. The lowest BCUT2D eigenvalue weighted by molar-refractivity contribution is -0.147. The Balaban J connectivity index is 1.02. The maximum absolute atomic E-state index is 13.5. The number of urea groups is 1. The summed E-state index contributed by atoms with van der Waals surface area (Å²) in [6, 6.07) is 19.0. The minimum absolute atomic E-state index is 0.0666. The van der Waals surface area contributed by atoms with Crippen molar-refractivity contribution in [2.45, 2.75) is 47.1 Å². The van der Waals surface area contributed by atoms with Crippen LogP contribution in [0.25, 0.3) is 22.8 Å². The molecule has 0 atom stereocenters. The number of fused-ring (bicyclic) bond motifs is 1. The van der Waals surface area contributed by atoms with Crippen LogP contribution in [0.4, 0.5) is 16.2 Å². The van der Waals surface area contributed by atoms with Gasteiger partial charge in [-0.25, -0.2) is 4.79 Å². The van der Waals surface area contributed by atoms with E-state index in [4.69, 9.17) is 14.2 Å². The van der Waals surface area contributed by atoms with Crippen LogP contribution in [0.2, 0.25) is 0 Å².